The Morgan fingerprint density at radius 1 is 1.61 bits per heavy atom. The Labute approximate surface area is 107 Å². The first-order chi connectivity index (χ1) is 8.74. The van der Waals surface area contributed by atoms with Crippen LogP contribution in [-0.2, 0) is 4.74 Å². The number of ether oxygens (including phenoxy) is 1. The number of nitrogens with one attached hydrogen (secondary N) is 1. The molecule has 1 aromatic heterocycles. The molecule has 1 aliphatic heterocycles. The molecule has 1 fully saturated rings. The minimum absolute atomic E-state index is 0.0161. The highest BCUT2D eigenvalue weighted by Gasteiger charge is 2.27. The molecule has 1 atom stereocenters. The second-order valence-corrected chi connectivity index (χ2v) is 4.36. The molecule has 5 nitrogen and oxygen atoms in total. The van der Waals surface area contributed by atoms with Crippen LogP contribution in [0.2, 0.25) is 0 Å². The average molecular weight is 249 g/mol. The molecule has 1 N–H and O–H groups in total. The van der Waals surface area contributed by atoms with Gasteiger partial charge in [-0.05, 0) is 25.5 Å². The molecule has 0 spiro atoms. The van der Waals surface area contributed by atoms with E-state index in [0.717, 1.165) is 25.2 Å². The Balaban J connectivity index is 2.00. The van der Waals surface area contributed by atoms with Crippen LogP contribution in [0.5, 0.6) is 0 Å². The lowest BCUT2D eigenvalue weighted by molar-refractivity contribution is 0.0719. The number of hydrogen-bond acceptors (Lipinski definition) is 4. The van der Waals surface area contributed by atoms with E-state index in [0.29, 0.717) is 12.2 Å². The largest absolute Gasteiger partial charge is 0.384 e. The molecule has 0 radical (unpaired) electrons. The maximum absolute atomic E-state index is 12.2. The fraction of sp³-hybridized carbons (Fsp3) is 0.538. The summed E-state index contributed by atoms with van der Waals surface area (Å²) in [6, 6.07) is 3.65. The number of rotatable bonds is 4. The number of anilines is 1. The molecule has 0 bridgehead atoms. The van der Waals surface area contributed by atoms with Crippen molar-refractivity contribution in [2.75, 3.05) is 32.1 Å². The van der Waals surface area contributed by atoms with Crippen molar-refractivity contribution in [3.05, 3.63) is 24.0 Å². The van der Waals surface area contributed by atoms with Gasteiger partial charge in [0.15, 0.2) is 0 Å². The van der Waals surface area contributed by atoms with Gasteiger partial charge >= 0.3 is 0 Å². The van der Waals surface area contributed by atoms with Gasteiger partial charge in [0.25, 0.3) is 5.91 Å². The Bertz CT molecular complexity index is 405. The minimum Gasteiger partial charge on any atom is -0.384 e. The molecular weight excluding hydrogens is 230 g/mol. The number of methoxy groups -OCH3 is 1. The van der Waals surface area contributed by atoms with Gasteiger partial charge in [-0.25, -0.2) is 4.98 Å². The van der Waals surface area contributed by atoms with Crippen LogP contribution >= 0.6 is 0 Å². The number of carbonyl (C=O) groups is 1. The average Bonchev–Trinajstić information content (AvgIpc) is 2.88. The van der Waals surface area contributed by atoms with Crippen LogP contribution in [0.1, 0.15) is 23.8 Å². The van der Waals surface area contributed by atoms with Crippen molar-refractivity contribution in [2.24, 2.45) is 0 Å². The lowest BCUT2D eigenvalue weighted by Crippen LogP contribution is -2.30. The highest BCUT2D eigenvalue weighted by Crippen LogP contribution is 2.15. The molecule has 5 heteroatoms. The van der Waals surface area contributed by atoms with Crippen LogP contribution in [0.25, 0.3) is 0 Å². The molecule has 18 heavy (non-hydrogen) atoms. The van der Waals surface area contributed by atoms with E-state index in [4.69, 9.17) is 4.74 Å². The summed E-state index contributed by atoms with van der Waals surface area (Å²) < 4.78 is 5.25. The normalized spacial score (nSPS) is 19.0. The van der Waals surface area contributed by atoms with Crippen molar-refractivity contribution in [2.45, 2.75) is 19.4 Å². The summed E-state index contributed by atoms with van der Waals surface area (Å²) in [6.45, 7) is 4.27. The lowest BCUT2D eigenvalue weighted by Gasteiger charge is -2.15. The third-order valence-corrected chi connectivity index (χ3v) is 3.13. The van der Waals surface area contributed by atoms with Crippen molar-refractivity contribution in [3.63, 3.8) is 0 Å². The lowest BCUT2D eigenvalue weighted by atomic mass is 10.3. The molecule has 1 aromatic rings. The molecule has 1 amide bonds. The van der Waals surface area contributed by atoms with E-state index in [1.54, 1.807) is 24.3 Å². The molecule has 2 heterocycles. The first kappa shape index (κ1) is 12.8. The third-order valence-electron chi connectivity index (χ3n) is 3.13. The number of aromatic nitrogens is 1. The first-order valence-corrected chi connectivity index (χ1v) is 6.26. The van der Waals surface area contributed by atoms with Crippen LogP contribution in [0.3, 0.4) is 0 Å². The maximum Gasteiger partial charge on any atom is 0.272 e. The number of hydrogen-bond donors (Lipinski definition) is 1. The van der Waals surface area contributed by atoms with Crippen LogP contribution in [0.15, 0.2) is 18.3 Å². The quantitative estimate of drug-likeness (QED) is 0.875. The second-order valence-electron chi connectivity index (χ2n) is 4.36. The van der Waals surface area contributed by atoms with Crippen LogP contribution in [0.4, 0.5) is 5.69 Å². The standard InChI is InChI=1S/C13H19N3O2/c1-3-14-10-4-5-12(15-8-10)13(17)16-7-6-11(9-16)18-2/h4-5,8,11,14H,3,6-7,9H2,1-2H3. The summed E-state index contributed by atoms with van der Waals surface area (Å²) in [5.41, 5.74) is 1.43. The van der Waals surface area contributed by atoms with Gasteiger partial charge in [0.2, 0.25) is 0 Å². The van der Waals surface area contributed by atoms with Gasteiger partial charge < -0.3 is 15.0 Å². The Morgan fingerprint density at radius 2 is 2.44 bits per heavy atom. The van der Waals surface area contributed by atoms with Crippen molar-refractivity contribution >= 4 is 11.6 Å². The van der Waals surface area contributed by atoms with Gasteiger partial charge in [0.05, 0.1) is 18.0 Å². The van der Waals surface area contributed by atoms with Crippen molar-refractivity contribution in [3.8, 4) is 0 Å². The third kappa shape index (κ3) is 2.79. The Hall–Kier alpha value is -1.62. The zero-order valence-corrected chi connectivity index (χ0v) is 10.8. The highest BCUT2D eigenvalue weighted by atomic mass is 16.5. The molecule has 1 saturated heterocycles. The van der Waals surface area contributed by atoms with Gasteiger partial charge in [-0.1, -0.05) is 0 Å². The molecule has 0 aliphatic carbocycles. The summed E-state index contributed by atoms with van der Waals surface area (Å²) in [4.78, 5) is 18.2. The fourth-order valence-electron chi connectivity index (χ4n) is 2.10. The monoisotopic (exact) mass is 249 g/mol. The summed E-state index contributed by atoms with van der Waals surface area (Å²) in [5, 5.41) is 3.15. The summed E-state index contributed by atoms with van der Waals surface area (Å²) in [7, 11) is 1.68. The van der Waals surface area contributed by atoms with E-state index in [2.05, 4.69) is 10.3 Å². The molecule has 1 aliphatic rings. The van der Waals surface area contributed by atoms with Crippen molar-refractivity contribution in [1.82, 2.24) is 9.88 Å². The van der Waals surface area contributed by atoms with E-state index < -0.39 is 0 Å². The van der Waals surface area contributed by atoms with Crippen LogP contribution < -0.4 is 5.32 Å². The fourth-order valence-corrected chi connectivity index (χ4v) is 2.10. The first-order valence-electron chi connectivity index (χ1n) is 6.26. The molecule has 1 unspecified atom stereocenters. The van der Waals surface area contributed by atoms with Gasteiger partial charge in [-0.15, -0.1) is 0 Å². The van der Waals surface area contributed by atoms with Crippen LogP contribution in [0, 0.1) is 0 Å². The van der Waals surface area contributed by atoms with E-state index in [1.807, 2.05) is 13.0 Å². The number of likely N-dealkylation sites (tertiary alicyclic amines) is 1. The summed E-state index contributed by atoms with van der Waals surface area (Å²) >= 11 is 0. The van der Waals surface area contributed by atoms with Gasteiger partial charge in [0, 0.05) is 26.7 Å². The number of amides is 1. The zero-order valence-electron chi connectivity index (χ0n) is 10.8. The zero-order chi connectivity index (χ0) is 13.0. The SMILES string of the molecule is CCNc1ccc(C(=O)N2CCC(OC)C2)nc1. The van der Waals surface area contributed by atoms with E-state index >= 15 is 0 Å². The van der Waals surface area contributed by atoms with Gasteiger partial charge in [0.1, 0.15) is 5.69 Å². The topological polar surface area (TPSA) is 54.5 Å². The van der Waals surface area contributed by atoms with E-state index in [9.17, 15) is 4.79 Å². The molecular formula is C13H19N3O2. The predicted molar refractivity (Wildman–Crippen MR) is 69.7 cm³/mol. The van der Waals surface area contributed by atoms with E-state index in [1.165, 1.54) is 0 Å². The Morgan fingerprint density at radius 3 is 3.00 bits per heavy atom. The maximum atomic E-state index is 12.2. The molecule has 0 saturated carbocycles. The Kier molecular flexibility index (Phi) is 4.15. The minimum atomic E-state index is -0.0161. The van der Waals surface area contributed by atoms with Gasteiger partial charge in [-0.2, -0.15) is 0 Å². The molecule has 0 aromatic carbocycles. The number of carbonyl (C=O) groups excluding carboxylic acids is 1. The number of nitrogens with zero attached hydrogens (tertiary/aromatic N) is 2. The summed E-state index contributed by atoms with van der Waals surface area (Å²) in [5.74, 6) is -0.0161. The van der Waals surface area contributed by atoms with Gasteiger partial charge in [-0.3, -0.25) is 4.79 Å². The van der Waals surface area contributed by atoms with Crippen LogP contribution in [-0.4, -0.2) is 48.6 Å². The molecule has 98 valence electrons. The highest BCUT2D eigenvalue weighted by molar-refractivity contribution is 5.92. The molecule has 2 rings (SSSR count). The van der Waals surface area contributed by atoms with Crippen molar-refractivity contribution in [1.29, 1.82) is 0 Å². The van der Waals surface area contributed by atoms with E-state index in [-0.39, 0.29) is 12.0 Å². The second kappa shape index (κ2) is 5.82. The smallest absolute Gasteiger partial charge is 0.272 e. The van der Waals surface area contributed by atoms with Crippen molar-refractivity contribution < 1.29 is 9.53 Å². The summed E-state index contributed by atoms with van der Waals surface area (Å²) in [6.07, 6.45) is 2.76. The predicted octanol–water partition coefficient (Wildman–Crippen LogP) is 1.37. The number of pyridine rings is 1.